The highest BCUT2D eigenvalue weighted by Gasteiger charge is 2.24. The smallest absolute Gasteiger partial charge is 0.192 e. The maximum absolute atomic E-state index is 12.6. The van der Waals surface area contributed by atoms with Gasteiger partial charge >= 0.3 is 0 Å². The Kier molecular flexibility index (Phi) is 4.90. The molecule has 0 saturated carbocycles. The minimum absolute atomic E-state index is 0.0687. The topological polar surface area (TPSA) is 50.5 Å². The summed E-state index contributed by atoms with van der Waals surface area (Å²) in [7, 11) is 0. The molecule has 1 aliphatic rings. The first-order valence-corrected chi connectivity index (χ1v) is 9.44. The molecule has 0 amide bonds. The Balaban J connectivity index is 1.38. The van der Waals surface area contributed by atoms with E-state index in [0.717, 1.165) is 26.1 Å². The van der Waals surface area contributed by atoms with Crippen molar-refractivity contribution in [1.82, 2.24) is 4.90 Å². The molecule has 0 spiro atoms. The molecule has 2 aromatic carbocycles. The molecule has 0 aliphatic carbocycles. The predicted molar refractivity (Wildman–Crippen MR) is 106 cm³/mol. The maximum atomic E-state index is 12.6. The number of hydrogen-bond donors (Lipinski definition) is 0. The monoisotopic (exact) mass is 361 g/mol. The van der Waals surface area contributed by atoms with E-state index >= 15 is 0 Å². The van der Waals surface area contributed by atoms with Crippen LogP contribution >= 0.6 is 0 Å². The third-order valence-corrected chi connectivity index (χ3v) is 5.42. The van der Waals surface area contributed by atoms with Gasteiger partial charge in [0.25, 0.3) is 0 Å². The number of Topliss-reactive ketones (excluding diaryl/α,β-unsaturated/α-hetero) is 1. The molecule has 1 saturated heterocycles. The largest absolute Gasteiger partial charge is 0.464 e. The van der Waals surface area contributed by atoms with Crippen LogP contribution in [0.25, 0.3) is 11.0 Å². The van der Waals surface area contributed by atoms with Gasteiger partial charge in [-0.3, -0.25) is 9.59 Å². The molecular weight excluding hydrogens is 338 g/mol. The summed E-state index contributed by atoms with van der Waals surface area (Å²) in [5.74, 6) is 0.615. The Morgan fingerprint density at radius 1 is 1.19 bits per heavy atom. The number of benzene rings is 2. The molecule has 0 N–H and O–H groups in total. The number of likely N-dealkylation sites (tertiary alicyclic amines) is 1. The molecule has 4 heteroatoms. The summed E-state index contributed by atoms with van der Waals surface area (Å²) in [5, 5.41) is 0.462. The van der Waals surface area contributed by atoms with Crippen LogP contribution in [0.5, 0.6) is 0 Å². The van der Waals surface area contributed by atoms with E-state index in [-0.39, 0.29) is 11.2 Å². The zero-order valence-corrected chi connectivity index (χ0v) is 15.5. The fourth-order valence-corrected chi connectivity index (χ4v) is 3.89. The van der Waals surface area contributed by atoms with E-state index < -0.39 is 0 Å². The molecule has 1 atom stereocenters. The number of carbonyl (C=O) groups is 1. The fourth-order valence-electron chi connectivity index (χ4n) is 3.89. The van der Waals surface area contributed by atoms with E-state index in [1.165, 1.54) is 23.5 Å². The first-order valence-electron chi connectivity index (χ1n) is 9.44. The molecule has 2 heterocycles. The Morgan fingerprint density at radius 3 is 2.93 bits per heavy atom. The van der Waals surface area contributed by atoms with Gasteiger partial charge in [0.15, 0.2) is 11.2 Å². The van der Waals surface area contributed by atoms with E-state index in [9.17, 15) is 9.59 Å². The minimum atomic E-state index is -0.119. The summed E-state index contributed by atoms with van der Waals surface area (Å²) in [6.07, 6.45) is 2.98. The zero-order valence-electron chi connectivity index (χ0n) is 15.5. The lowest BCUT2D eigenvalue weighted by Gasteiger charge is -2.16. The van der Waals surface area contributed by atoms with Crippen LogP contribution in [0.3, 0.4) is 0 Å². The predicted octanol–water partition coefficient (Wildman–Crippen LogP) is 4.16. The highest BCUT2D eigenvalue weighted by atomic mass is 16.3. The van der Waals surface area contributed by atoms with Crippen LogP contribution in [0.2, 0.25) is 0 Å². The van der Waals surface area contributed by atoms with Crippen LogP contribution in [0.4, 0.5) is 0 Å². The average molecular weight is 361 g/mol. The van der Waals surface area contributed by atoms with Gasteiger partial charge < -0.3 is 9.32 Å². The fraction of sp³-hybridized carbons (Fsp3) is 0.304. The first kappa shape index (κ1) is 17.7. The summed E-state index contributed by atoms with van der Waals surface area (Å²) < 4.78 is 5.31. The number of hydrogen-bond acceptors (Lipinski definition) is 4. The van der Waals surface area contributed by atoms with Gasteiger partial charge in [0.2, 0.25) is 0 Å². The summed E-state index contributed by atoms with van der Waals surface area (Å²) in [5.41, 5.74) is 3.66. The van der Waals surface area contributed by atoms with Crippen molar-refractivity contribution < 1.29 is 9.21 Å². The van der Waals surface area contributed by atoms with Crippen molar-refractivity contribution in [3.05, 3.63) is 81.7 Å². The Morgan fingerprint density at radius 2 is 2.07 bits per heavy atom. The van der Waals surface area contributed by atoms with Crippen molar-refractivity contribution in [1.29, 1.82) is 0 Å². The van der Waals surface area contributed by atoms with E-state index in [4.69, 9.17) is 4.42 Å². The second-order valence-corrected chi connectivity index (χ2v) is 7.37. The van der Waals surface area contributed by atoms with Crippen LogP contribution in [0.15, 0.2) is 64.0 Å². The van der Waals surface area contributed by atoms with E-state index in [0.29, 0.717) is 28.9 Å². The van der Waals surface area contributed by atoms with Crippen LogP contribution in [0.1, 0.15) is 40.2 Å². The van der Waals surface area contributed by atoms with E-state index in [1.807, 2.05) is 0 Å². The van der Waals surface area contributed by atoms with E-state index in [1.54, 1.807) is 18.2 Å². The van der Waals surface area contributed by atoms with Crippen molar-refractivity contribution >= 4 is 16.8 Å². The first-order chi connectivity index (χ1) is 13.1. The molecular formula is C23H23NO3. The van der Waals surface area contributed by atoms with Crippen molar-refractivity contribution in [3.63, 3.8) is 0 Å². The third kappa shape index (κ3) is 3.86. The number of carbonyl (C=O) groups excluding carboxylic acids is 1. The third-order valence-electron chi connectivity index (χ3n) is 5.42. The van der Waals surface area contributed by atoms with Crippen LogP contribution in [-0.2, 0) is 0 Å². The summed E-state index contributed by atoms with van der Waals surface area (Å²) >= 11 is 0. The maximum Gasteiger partial charge on any atom is 0.192 e. The number of ketones is 1. The molecule has 1 aliphatic heterocycles. The van der Waals surface area contributed by atoms with Crippen molar-refractivity contribution in [3.8, 4) is 0 Å². The van der Waals surface area contributed by atoms with Gasteiger partial charge in [-0.25, -0.2) is 0 Å². The molecule has 1 unspecified atom stereocenters. The lowest BCUT2D eigenvalue weighted by molar-refractivity contribution is 0.0969. The van der Waals surface area contributed by atoms with Gasteiger partial charge in [0, 0.05) is 31.1 Å². The minimum Gasteiger partial charge on any atom is -0.464 e. The van der Waals surface area contributed by atoms with Crippen molar-refractivity contribution in [2.45, 2.75) is 25.7 Å². The van der Waals surface area contributed by atoms with Crippen LogP contribution < -0.4 is 5.43 Å². The SMILES string of the molecule is Cc1cccc(C2CCN(CCC(=O)c3ccc4occc(=O)c4c3)C2)c1. The zero-order chi connectivity index (χ0) is 18.8. The highest BCUT2D eigenvalue weighted by molar-refractivity contribution is 5.99. The molecule has 1 fully saturated rings. The number of nitrogens with zero attached hydrogens (tertiary/aromatic N) is 1. The van der Waals surface area contributed by atoms with Gasteiger partial charge in [-0.2, -0.15) is 0 Å². The standard InChI is InChI=1S/C23H23NO3/c1-16-3-2-4-17(13-16)19-7-10-24(15-19)11-8-21(25)18-5-6-23-20(14-18)22(26)9-12-27-23/h2-6,9,12-14,19H,7-8,10-11,15H2,1H3. The summed E-state index contributed by atoms with van der Waals surface area (Å²) in [4.78, 5) is 26.9. The molecule has 27 heavy (non-hydrogen) atoms. The van der Waals surface area contributed by atoms with Gasteiger partial charge in [-0.1, -0.05) is 29.8 Å². The second kappa shape index (κ2) is 7.49. The van der Waals surface area contributed by atoms with Gasteiger partial charge in [0.1, 0.15) is 5.58 Å². The average Bonchev–Trinajstić information content (AvgIpc) is 3.15. The highest BCUT2D eigenvalue weighted by Crippen LogP contribution is 2.27. The lowest BCUT2D eigenvalue weighted by atomic mass is 9.97. The summed E-state index contributed by atoms with van der Waals surface area (Å²) in [6.45, 7) is 4.90. The molecule has 4 rings (SSSR count). The quantitative estimate of drug-likeness (QED) is 0.640. The number of aryl methyl sites for hydroxylation is 1. The Labute approximate surface area is 158 Å². The number of rotatable bonds is 5. The molecule has 1 aromatic heterocycles. The van der Waals surface area contributed by atoms with Crippen LogP contribution in [0, 0.1) is 6.92 Å². The Hall–Kier alpha value is -2.72. The molecule has 0 radical (unpaired) electrons. The lowest BCUT2D eigenvalue weighted by Crippen LogP contribution is -2.23. The van der Waals surface area contributed by atoms with E-state index in [2.05, 4.69) is 36.1 Å². The van der Waals surface area contributed by atoms with Crippen LogP contribution in [-0.4, -0.2) is 30.3 Å². The number of fused-ring (bicyclic) bond motifs is 1. The molecule has 4 nitrogen and oxygen atoms in total. The van der Waals surface area contributed by atoms with Crippen molar-refractivity contribution in [2.75, 3.05) is 19.6 Å². The second-order valence-electron chi connectivity index (χ2n) is 7.37. The van der Waals surface area contributed by atoms with Crippen molar-refractivity contribution in [2.24, 2.45) is 0 Å². The van der Waals surface area contributed by atoms with Gasteiger partial charge in [-0.05, 0) is 49.6 Å². The molecule has 138 valence electrons. The molecule has 0 bridgehead atoms. The molecule has 3 aromatic rings. The normalized spacial score (nSPS) is 17.4. The summed E-state index contributed by atoms with van der Waals surface area (Å²) in [6, 6.07) is 15.2. The Bertz CT molecular complexity index is 1040. The van der Waals surface area contributed by atoms with Gasteiger partial charge in [0.05, 0.1) is 11.6 Å². The van der Waals surface area contributed by atoms with Gasteiger partial charge in [-0.15, -0.1) is 0 Å².